The van der Waals surface area contributed by atoms with Crippen LogP contribution in [0.25, 0.3) is 0 Å². The molecule has 9 heteroatoms. The molecule has 1 heterocycles. The quantitative estimate of drug-likeness (QED) is 0.130. The van der Waals surface area contributed by atoms with Gasteiger partial charge in [0.05, 0.1) is 27.8 Å². The summed E-state index contributed by atoms with van der Waals surface area (Å²) < 4.78 is 22.7. The average molecular weight is 895 g/mol. The van der Waals surface area contributed by atoms with E-state index >= 15 is 0 Å². The van der Waals surface area contributed by atoms with Crippen molar-refractivity contribution in [3.63, 3.8) is 0 Å². The number of carbonyl (C=O) groups excluding carboxylic acids is 4. The molecule has 9 fully saturated rings. The molecule has 0 aromatic rings. The maximum Gasteiger partial charge on any atom is 0.313 e. The topological polar surface area (TPSA) is 125 Å². The Hall–Kier alpha value is -2.16. The molecule has 9 aliphatic rings. The van der Waals surface area contributed by atoms with E-state index in [9.17, 15) is 24.3 Å². The Labute approximate surface area is 388 Å². The van der Waals surface area contributed by atoms with Gasteiger partial charge >= 0.3 is 23.9 Å². The molecule has 1 aliphatic heterocycles. The van der Waals surface area contributed by atoms with E-state index in [1.54, 1.807) is 13.8 Å². The van der Waals surface area contributed by atoms with Crippen LogP contribution in [-0.2, 0) is 38.1 Å². The van der Waals surface area contributed by atoms with Crippen LogP contribution in [0.2, 0.25) is 0 Å². The lowest BCUT2D eigenvalue weighted by Gasteiger charge is -2.59. The fourth-order valence-electron chi connectivity index (χ4n) is 12.8. The van der Waals surface area contributed by atoms with Crippen molar-refractivity contribution < 1.29 is 43.2 Å². The van der Waals surface area contributed by atoms with Gasteiger partial charge in [-0.1, -0.05) is 72.3 Å². The molecule has 9 rings (SSSR count). The van der Waals surface area contributed by atoms with E-state index < -0.39 is 27.9 Å². The molecule has 0 spiro atoms. The number of aliphatic hydroxyl groups is 1. The first kappa shape index (κ1) is 60.8. The minimum atomic E-state index is -0.819. The molecule has 0 amide bonds. The number of esters is 4. The molecule has 372 valence electrons. The summed E-state index contributed by atoms with van der Waals surface area (Å²) in [6.45, 7) is 23.5. The summed E-state index contributed by atoms with van der Waals surface area (Å²) in [7, 11) is 0. The van der Waals surface area contributed by atoms with Gasteiger partial charge in [0, 0.05) is 12.3 Å². The van der Waals surface area contributed by atoms with Gasteiger partial charge in [0.2, 0.25) is 0 Å². The molecule has 0 aromatic carbocycles. The first-order chi connectivity index (χ1) is 26.4. The Kier molecular flexibility index (Phi) is 20.5. The summed E-state index contributed by atoms with van der Waals surface area (Å²) in [4.78, 5) is 48.3. The van der Waals surface area contributed by atoms with E-state index in [2.05, 4.69) is 13.8 Å². The minimum absolute atomic E-state index is 0. The van der Waals surface area contributed by atoms with E-state index in [1.165, 1.54) is 32.1 Å². The van der Waals surface area contributed by atoms with Crippen molar-refractivity contribution in [3.05, 3.63) is 0 Å². The number of carbonyl (C=O) groups is 4. The minimum Gasteiger partial charge on any atom is -0.461 e. The second-order valence-corrected chi connectivity index (χ2v) is 22.6. The SMILES string of the molecule is C.C.C.C.C.C.CCC(C)(C)C(=O)OC1(CC)CC2CC1C1C3CCC(C3)C21.CCC(C)(C)C(=O)OC12CC3CC(CC(O)(C3)C1)C2.CCC(C)(C)C(=O)O[C@]1(C)COC(=O)[C@H]1C. The first-order valence-electron chi connectivity index (χ1n) is 23.0. The highest BCUT2D eigenvalue weighted by Crippen LogP contribution is 2.71. The zero-order valence-electron chi connectivity index (χ0n) is 37.7. The van der Waals surface area contributed by atoms with Gasteiger partial charge in [-0.15, -0.1) is 0 Å². The summed E-state index contributed by atoms with van der Waals surface area (Å²) in [5.74, 6) is 5.46. The van der Waals surface area contributed by atoms with Gasteiger partial charge in [-0.3, -0.25) is 19.2 Å². The Bertz CT molecular complexity index is 1530. The van der Waals surface area contributed by atoms with Crippen molar-refractivity contribution in [2.75, 3.05) is 6.61 Å². The van der Waals surface area contributed by atoms with E-state index in [0.29, 0.717) is 30.6 Å². The van der Waals surface area contributed by atoms with Crippen LogP contribution in [0, 0.1) is 69.5 Å². The van der Waals surface area contributed by atoms with Crippen molar-refractivity contribution in [3.8, 4) is 0 Å². The maximum absolute atomic E-state index is 12.7. The third-order valence-corrected chi connectivity index (χ3v) is 17.5. The lowest BCUT2D eigenvalue weighted by molar-refractivity contribution is -0.225. The molecule has 11 atom stereocenters. The fourth-order valence-corrected chi connectivity index (χ4v) is 12.8. The van der Waals surface area contributed by atoms with Crippen molar-refractivity contribution in [2.24, 2.45) is 69.5 Å². The zero-order chi connectivity index (χ0) is 42.1. The molecule has 9 nitrogen and oxygen atoms in total. The lowest BCUT2D eigenvalue weighted by Crippen LogP contribution is -2.61. The molecule has 9 unspecified atom stereocenters. The number of fused-ring (bicyclic) bond motifs is 9. The number of ether oxygens (including phenoxy) is 4. The van der Waals surface area contributed by atoms with Crippen molar-refractivity contribution in [2.45, 2.75) is 246 Å². The van der Waals surface area contributed by atoms with Gasteiger partial charge < -0.3 is 24.1 Å². The molecule has 63 heavy (non-hydrogen) atoms. The first-order valence-corrected chi connectivity index (χ1v) is 23.0. The summed E-state index contributed by atoms with van der Waals surface area (Å²) >= 11 is 0. The predicted octanol–water partition coefficient (Wildman–Crippen LogP) is 13.6. The molecule has 1 N–H and O–H groups in total. The highest BCUT2D eigenvalue weighted by Gasteiger charge is 2.68. The lowest BCUT2D eigenvalue weighted by atomic mass is 9.52. The van der Waals surface area contributed by atoms with Crippen LogP contribution < -0.4 is 0 Å². The standard InChI is InChI=1S/C20H32O2.C16H26O3.C12H20O4.6CH4/c1-5-19(3,4)18(21)22-20(6-2)11-14-10-15(20)17-13-8-7-12(9-13)16(14)17;1-4-14(2,3)13(17)19-16-8-11-5-12(9-16)7-15(18,6-11)10-16;1-6-11(3,4)10(14)16-12(5)7-15-9(13)8(12)2;;;;;;/h12-17H,5-11H2,1-4H3;11-12,18H,4-10H2,1-3H3;8H,6-7H2,1-5H3;6*1H4/t;;8-,12-;;;;;;/m..1....../s1. The number of hydrogen-bond donors (Lipinski definition) is 1. The molecule has 8 saturated carbocycles. The molecular weight excluding hydrogens is 793 g/mol. The van der Waals surface area contributed by atoms with Gasteiger partial charge in [-0.25, -0.2) is 0 Å². The molecule has 0 aromatic heterocycles. The molecule has 0 radical (unpaired) electrons. The Balaban J connectivity index is 0.000000885. The largest absolute Gasteiger partial charge is 0.461 e. The second kappa shape index (κ2) is 21.2. The van der Waals surface area contributed by atoms with Crippen LogP contribution in [0.5, 0.6) is 0 Å². The van der Waals surface area contributed by atoms with Gasteiger partial charge in [-0.05, 0) is 187 Å². The summed E-state index contributed by atoms with van der Waals surface area (Å²) in [6.07, 6.45) is 15.9. The predicted molar refractivity (Wildman–Crippen MR) is 259 cm³/mol. The molecule has 1 saturated heterocycles. The Morgan fingerprint density at radius 2 is 1.11 bits per heavy atom. The Morgan fingerprint density at radius 1 is 0.651 bits per heavy atom. The zero-order valence-corrected chi connectivity index (χ0v) is 37.7. The van der Waals surface area contributed by atoms with Gasteiger partial charge in [0.15, 0.2) is 5.60 Å². The summed E-state index contributed by atoms with van der Waals surface area (Å²) in [6, 6.07) is 0. The van der Waals surface area contributed by atoms with Crippen LogP contribution in [0.4, 0.5) is 0 Å². The van der Waals surface area contributed by atoms with Crippen molar-refractivity contribution >= 4 is 23.9 Å². The van der Waals surface area contributed by atoms with Gasteiger partial charge in [-0.2, -0.15) is 0 Å². The number of rotatable bonds is 10. The molecule has 8 aliphatic carbocycles. The monoisotopic (exact) mass is 895 g/mol. The smallest absolute Gasteiger partial charge is 0.313 e. The van der Waals surface area contributed by atoms with E-state index in [4.69, 9.17) is 18.9 Å². The summed E-state index contributed by atoms with van der Waals surface area (Å²) in [5.41, 5.74) is -3.12. The summed E-state index contributed by atoms with van der Waals surface area (Å²) in [5, 5.41) is 10.6. The maximum atomic E-state index is 12.7. The van der Waals surface area contributed by atoms with Crippen molar-refractivity contribution in [1.82, 2.24) is 0 Å². The fraction of sp³-hybridized carbons (Fsp3) is 0.926. The normalized spacial score (nSPS) is 38.0. The third kappa shape index (κ3) is 11.3. The van der Waals surface area contributed by atoms with Crippen LogP contribution in [0.1, 0.15) is 224 Å². The van der Waals surface area contributed by atoms with Crippen LogP contribution >= 0.6 is 0 Å². The second-order valence-electron chi connectivity index (χ2n) is 22.6. The number of hydrogen-bond acceptors (Lipinski definition) is 9. The van der Waals surface area contributed by atoms with E-state index in [1.807, 2.05) is 55.4 Å². The number of cyclic esters (lactones) is 1. The van der Waals surface area contributed by atoms with Gasteiger partial charge in [0.1, 0.15) is 17.8 Å². The van der Waals surface area contributed by atoms with E-state index in [-0.39, 0.29) is 91.7 Å². The highest BCUT2D eigenvalue weighted by molar-refractivity contribution is 5.80. The van der Waals surface area contributed by atoms with Crippen molar-refractivity contribution in [1.29, 1.82) is 0 Å². The third-order valence-electron chi connectivity index (χ3n) is 17.5. The Morgan fingerprint density at radius 3 is 1.54 bits per heavy atom. The van der Waals surface area contributed by atoms with Crippen LogP contribution in [-0.4, -0.2) is 58.0 Å². The molecular formula is C54H102O9. The molecule has 8 bridgehead atoms. The average Bonchev–Trinajstić information content (AvgIpc) is 3.97. The van der Waals surface area contributed by atoms with Crippen LogP contribution in [0.15, 0.2) is 0 Å². The highest BCUT2D eigenvalue weighted by atomic mass is 16.6. The van der Waals surface area contributed by atoms with E-state index in [0.717, 1.165) is 81.0 Å². The van der Waals surface area contributed by atoms with Gasteiger partial charge in [0.25, 0.3) is 0 Å². The van der Waals surface area contributed by atoms with Crippen LogP contribution in [0.3, 0.4) is 0 Å².